The molecular weight excluding hydrogens is 246 g/mol. The van der Waals surface area contributed by atoms with E-state index in [0.717, 1.165) is 22.9 Å². The zero-order valence-corrected chi connectivity index (χ0v) is 12.8. The summed E-state index contributed by atoms with van der Waals surface area (Å²) in [7, 11) is 0. The second kappa shape index (κ2) is 4.37. The minimum Gasteiger partial charge on any atom is -0.383 e. The monoisotopic (exact) mass is 269 g/mol. The third kappa shape index (κ3) is 2.21. The maximum absolute atomic E-state index is 6.44. The molecule has 20 heavy (non-hydrogen) atoms. The van der Waals surface area contributed by atoms with E-state index in [4.69, 9.17) is 10.7 Å². The van der Waals surface area contributed by atoms with E-state index in [-0.39, 0.29) is 5.54 Å². The first kappa shape index (κ1) is 13.2. The Kier molecular flexibility index (Phi) is 2.89. The number of nitrogens with two attached hydrogens (primary N) is 1. The lowest BCUT2D eigenvalue weighted by Gasteiger charge is -2.25. The molecule has 0 bridgehead atoms. The van der Waals surface area contributed by atoms with Crippen molar-refractivity contribution in [2.75, 3.05) is 5.73 Å². The van der Waals surface area contributed by atoms with Crippen LogP contribution < -0.4 is 5.73 Å². The lowest BCUT2D eigenvalue weighted by atomic mass is 10.1. The van der Waals surface area contributed by atoms with Gasteiger partial charge in [0.1, 0.15) is 17.3 Å². The van der Waals surface area contributed by atoms with Gasteiger partial charge in [0.15, 0.2) is 0 Å². The van der Waals surface area contributed by atoms with Crippen LogP contribution in [0.5, 0.6) is 0 Å². The van der Waals surface area contributed by atoms with E-state index in [9.17, 15) is 0 Å². The molecule has 0 aliphatic heterocycles. The Bertz CT molecular complexity index is 643. The average Bonchev–Trinajstić information content (AvgIpc) is 3.11. The summed E-state index contributed by atoms with van der Waals surface area (Å²) < 4.78 is 2.22. The Morgan fingerprint density at radius 2 is 1.95 bits per heavy atom. The van der Waals surface area contributed by atoms with Crippen LogP contribution in [-0.2, 0) is 5.54 Å². The van der Waals surface area contributed by atoms with Crippen molar-refractivity contribution in [2.45, 2.75) is 52.0 Å². The van der Waals surface area contributed by atoms with Gasteiger partial charge in [0, 0.05) is 17.0 Å². The van der Waals surface area contributed by atoms with Crippen LogP contribution in [0.15, 0.2) is 24.3 Å². The summed E-state index contributed by atoms with van der Waals surface area (Å²) in [6.45, 7) is 8.67. The molecule has 0 spiro atoms. The number of benzene rings is 1. The van der Waals surface area contributed by atoms with Gasteiger partial charge in [0.25, 0.3) is 0 Å². The number of imidazole rings is 1. The fourth-order valence-corrected chi connectivity index (χ4v) is 2.78. The molecule has 1 aromatic carbocycles. The number of rotatable bonds is 2. The lowest BCUT2D eigenvalue weighted by molar-refractivity contribution is 0.388. The first-order valence-electron chi connectivity index (χ1n) is 7.33. The van der Waals surface area contributed by atoms with E-state index >= 15 is 0 Å². The highest BCUT2D eigenvalue weighted by Crippen LogP contribution is 2.44. The van der Waals surface area contributed by atoms with E-state index in [1.54, 1.807) is 0 Å². The number of nitrogens with zero attached hydrogens (tertiary/aromatic N) is 2. The molecule has 0 unspecified atom stereocenters. The summed E-state index contributed by atoms with van der Waals surface area (Å²) in [6.07, 6.45) is 2.47. The van der Waals surface area contributed by atoms with Crippen LogP contribution in [0.4, 0.5) is 5.82 Å². The molecule has 1 heterocycles. The minimum atomic E-state index is -0.0307. The maximum atomic E-state index is 6.44. The molecule has 2 N–H and O–H groups in total. The van der Waals surface area contributed by atoms with Gasteiger partial charge in [0.2, 0.25) is 0 Å². The fraction of sp³-hybridized carbons (Fsp3) is 0.471. The van der Waals surface area contributed by atoms with E-state index in [1.165, 1.54) is 18.4 Å². The second-order valence-corrected chi connectivity index (χ2v) is 6.85. The topological polar surface area (TPSA) is 43.8 Å². The summed E-state index contributed by atoms with van der Waals surface area (Å²) in [6, 6.07) is 8.41. The van der Waals surface area contributed by atoms with Gasteiger partial charge in [-0.05, 0) is 46.6 Å². The summed E-state index contributed by atoms with van der Waals surface area (Å²) in [4.78, 5) is 4.89. The Morgan fingerprint density at radius 3 is 2.50 bits per heavy atom. The highest BCUT2D eigenvalue weighted by atomic mass is 15.2. The minimum absolute atomic E-state index is 0.0307. The molecule has 3 rings (SSSR count). The Hall–Kier alpha value is -1.77. The third-order valence-corrected chi connectivity index (χ3v) is 3.84. The molecule has 3 nitrogen and oxygen atoms in total. The number of nitrogen functional groups attached to an aromatic ring is 1. The van der Waals surface area contributed by atoms with E-state index in [2.05, 4.69) is 56.5 Å². The average molecular weight is 269 g/mol. The number of aryl methyl sites for hydroxylation is 1. The predicted molar refractivity (Wildman–Crippen MR) is 83.8 cm³/mol. The predicted octanol–water partition coefficient (Wildman–Crippen LogP) is 4.07. The van der Waals surface area contributed by atoms with Gasteiger partial charge in [-0.3, -0.25) is 0 Å². The van der Waals surface area contributed by atoms with Crippen molar-refractivity contribution < 1.29 is 0 Å². The number of aromatic nitrogens is 2. The largest absolute Gasteiger partial charge is 0.383 e. The van der Waals surface area contributed by atoms with Crippen LogP contribution in [0.25, 0.3) is 11.3 Å². The van der Waals surface area contributed by atoms with E-state index < -0.39 is 0 Å². The van der Waals surface area contributed by atoms with Crippen LogP contribution >= 0.6 is 0 Å². The molecule has 2 aromatic rings. The quantitative estimate of drug-likeness (QED) is 0.893. The van der Waals surface area contributed by atoms with Crippen molar-refractivity contribution in [3.05, 3.63) is 35.7 Å². The fourth-order valence-electron chi connectivity index (χ4n) is 2.78. The van der Waals surface area contributed by atoms with Gasteiger partial charge in [-0.25, -0.2) is 4.98 Å². The van der Waals surface area contributed by atoms with Crippen LogP contribution in [0.2, 0.25) is 0 Å². The van der Waals surface area contributed by atoms with Gasteiger partial charge in [0.05, 0.1) is 0 Å². The molecule has 0 saturated heterocycles. The van der Waals surface area contributed by atoms with Gasteiger partial charge >= 0.3 is 0 Å². The molecule has 3 heteroatoms. The maximum Gasteiger partial charge on any atom is 0.132 e. The van der Waals surface area contributed by atoms with Crippen molar-refractivity contribution in [3.63, 3.8) is 0 Å². The molecule has 0 radical (unpaired) electrons. The molecule has 1 aliphatic rings. The highest BCUT2D eigenvalue weighted by Gasteiger charge is 2.34. The number of hydrogen-bond acceptors (Lipinski definition) is 2. The van der Waals surface area contributed by atoms with Crippen LogP contribution in [-0.4, -0.2) is 9.55 Å². The molecule has 106 valence electrons. The highest BCUT2D eigenvalue weighted by molar-refractivity contribution is 5.72. The van der Waals surface area contributed by atoms with Gasteiger partial charge < -0.3 is 10.3 Å². The van der Waals surface area contributed by atoms with Crippen LogP contribution in [0, 0.1) is 6.92 Å². The van der Waals surface area contributed by atoms with E-state index in [1.807, 2.05) is 0 Å². The first-order chi connectivity index (χ1) is 9.38. The number of hydrogen-bond donors (Lipinski definition) is 1. The van der Waals surface area contributed by atoms with Gasteiger partial charge in [-0.15, -0.1) is 0 Å². The van der Waals surface area contributed by atoms with Crippen LogP contribution in [0.3, 0.4) is 0 Å². The SMILES string of the molecule is Cc1cccc(-c2nc(C3CC3)n(C(C)(C)C)c2N)c1. The zero-order valence-electron chi connectivity index (χ0n) is 12.8. The second-order valence-electron chi connectivity index (χ2n) is 6.85. The lowest BCUT2D eigenvalue weighted by Crippen LogP contribution is -2.25. The van der Waals surface area contributed by atoms with Crippen molar-refractivity contribution in [3.8, 4) is 11.3 Å². The molecule has 0 amide bonds. The Morgan fingerprint density at radius 1 is 1.25 bits per heavy atom. The summed E-state index contributed by atoms with van der Waals surface area (Å²) in [5.41, 5.74) is 9.70. The van der Waals surface area contributed by atoms with Crippen molar-refractivity contribution >= 4 is 5.82 Å². The molecule has 1 fully saturated rings. The standard InChI is InChI=1S/C17H23N3/c1-11-6-5-7-13(10-11)14-15(18)20(17(2,3)4)16(19-14)12-8-9-12/h5-7,10,12H,8-9,18H2,1-4H3. The molecule has 1 saturated carbocycles. The van der Waals surface area contributed by atoms with Gasteiger partial charge in [-0.1, -0.05) is 23.8 Å². The van der Waals surface area contributed by atoms with Crippen molar-refractivity contribution in [1.29, 1.82) is 0 Å². The zero-order chi connectivity index (χ0) is 14.5. The number of anilines is 1. The van der Waals surface area contributed by atoms with Crippen LogP contribution in [0.1, 0.15) is 50.9 Å². The third-order valence-electron chi connectivity index (χ3n) is 3.84. The van der Waals surface area contributed by atoms with Gasteiger partial charge in [-0.2, -0.15) is 0 Å². The summed E-state index contributed by atoms with van der Waals surface area (Å²) >= 11 is 0. The summed E-state index contributed by atoms with van der Waals surface area (Å²) in [5, 5.41) is 0. The van der Waals surface area contributed by atoms with Crippen molar-refractivity contribution in [2.24, 2.45) is 0 Å². The first-order valence-corrected chi connectivity index (χ1v) is 7.33. The van der Waals surface area contributed by atoms with E-state index in [0.29, 0.717) is 5.92 Å². The Balaban J connectivity index is 2.18. The van der Waals surface area contributed by atoms with Crippen molar-refractivity contribution in [1.82, 2.24) is 9.55 Å². The summed E-state index contributed by atoms with van der Waals surface area (Å²) in [5.74, 6) is 2.55. The molecule has 1 aromatic heterocycles. The molecule has 0 atom stereocenters. The normalized spacial score (nSPS) is 15.6. The Labute approximate surface area is 120 Å². The smallest absolute Gasteiger partial charge is 0.132 e. The molecule has 1 aliphatic carbocycles. The molecular formula is C17H23N3.